The fourth-order valence-corrected chi connectivity index (χ4v) is 3.00. The summed E-state index contributed by atoms with van der Waals surface area (Å²) in [4.78, 5) is 12.5. The van der Waals surface area contributed by atoms with Gasteiger partial charge in [0.15, 0.2) is 0 Å². The normalized spacial score (nSPS) is 10.8. The van der Waals surface area contributed by atoms with E-state index >= 15 is 0 Å². The molecule has 1 N–H and O–H groups in total. The summed E-state index contributed by atoms with van der Waals surface area (Å²) in [5.41, 5.74) is 2.84. The Morgan fingerprint density at radius 2 is 1.75 bits per heavy atom. The van der Waals surface area contributed by atoms with Gasteiger partial charge >= 0.3 is 0 Å². The van der Waals surface area contributed by atoms with Crippen molar-refractivity contribution in [3.63, 3.8) is 0 Å². The number of anilines is 1. The minimum atomic E-state index is -0.120. The Kier molecular flexibility index (Phi) is 5.21. The van der Waals surface area contributed by atoms with E-state index in [1.807, 2.05) is 60.8 Å². The summed E-state index contributed by atoms with van der Waals surface area (Å²) in [5.74, 6) is 0.529. The number of nitrogens with zero attached hydrogens (tertiary/aromatic N) is 4. The number of carbonyl (C=O) groups is 1. The predicted octanol–water partition coefficient (Wildman–Crippen LogP) is 3.95. The number of para-hydroxylation sites is 1. The molecular weight excluding hydrogens is 374 g/mol. The summed E-state index contributed by atoms with van der Waals surface area (Å²) in [7, 11) is 0. The van der Waals surface area contributed by atoms with Crippen molar-refractivity contribution in [2.45, 2.75) is 13.0 Å². The molecule has 0 radical (unpaired) electrons. The third kappa shape index (κ3) is 4.29. The molecule has 6 nitrogen and oxygen atoms in total. The molecular formula is C21H18ClN5O. The Hall–Kier alpha value is -3.38. The highest BCUT2D eigenvalue weighted by atomic mass is 35.5. The van der Waals surface area contributed by atoms with E-state index in [0.29, 0.717) is 17.4 Å². The van der Waals surface area contributed by atoms with E-state index in [9.17, 15) is 4.79 Å². The van der Waals surface area contributed by atoms with E-state index in [4.69, 9.17) is 11.6 Å². The Labute approximate surface area is 167 Å². The molecule has 0 fully saturated rings. The van der Waals surface area contributed by atoms with Crippen molar-refractivity contribution in [3.05, 3.63) is 95.4 Å². The molecule has 2 heterocycles. The smallest absolute Gasteiger partial charge is 0.230 e. The number of aromatic nitrogens is 4. The van der Waals surface area contributed by atoms with Gasteiger partial charge in [-0.2, -0.15) is 10.2 Å². The van der Waals surface area contributed by atoms with Crippen molar-refractivity contribution in [3.8, 4) is 5.69 Å². The molecule has 4 aromatic rings. The lowest BCUT2D eigenvalue weighted by molar-refractivity contribution is -0.115. The zero-order valence-corrected chi connectivity index (χ0v) is 15.8. The molecule has 0 aliphatic rings. The largest absolute Gasteiger partial charge is 0.311 e. The van der Waals surface area contributed by atoms with Crippen LogP contribution in [0.25, 0.3) is 5.69 Å². The Morgan fingerprint density at radius 3 is 2.54 bits per heavy atom. The second-order valence-electron chi connectivity index (χ2n) is 6.35. The number of hydrogen-bond donors (Lipinski definition) is 1. The van der Waals surface area contributed by atoms with Crippen molar-refractivity contribution in [2.24, 2.45) is 0 Å². The summed E-state index contributed by atoms with van der Waals surface area (Å²) < 4.78 is 3.50. The number of rotatable bonds is 6. The first-order valence-corrected chi connectivity index (χ1v) is 9.20. The number of carbonyl (C=O) groups excluding carboxylic acids is 1. The van der Waals surface area contributed by atoms with Gasteiger partial charge in [0, 0.05) is 17.3 Å². The van der Waals surface area contributed by atoms with Crippen LogP contribution in [0.4, 0.5) is 5.82 Å². The zero-order valence-electron chi connectivity index (χ0n) is 15.0. The summed E-state index contributed by atoms with van der Waals surface area (Å²) in [6, 6.07) is 19.1. The molecule has 0 atom stereocenters. The summed E-state index contributed by atoms with van der Waals surface area (Å²) in [6.07, 6.45) is 5.47. The second-order valence-corrected chi connectivity index (χ2v) is 6.79. The monoisotopic (exact) mass is 391 g/mol. The third-order valence-corrected chi connectivity index (χ3v) is 4.50. The standard InChI is InChI=1S/C21H18ClN5O/c22-18-8-6-16(7-9-18)14-27-20(10-11-23-27)25-21(28)12-17-13-24-26(15-17)19-4-2-1-3-5-19/h1-11,13,15H,12,14H2,(H,25,28). The number of halogens is 1. The van der Waals surface area contributed by atoms with E-state index in [1.54, 1.807) is 27.8 Å². The third-order valence-electron chi connectivity index (χ3n) is 4.25. The average molecular weight is 392 g/mol. The van der Waals surface area contributed by atoms with Crippen LogP contribution in [0.5, 0.6) is 0 Å². The molecule has 140 valence electrons. The van der Waals surface area contributed by atoms with Crippen molar-refractivity contribution < 1.29 is 4.79 Å². The maximum absolute atomic E-state index is 12.5. The van der Waals surface area contributed by atoms with Crippen molar-refractivity contribution >= 4 is 23.3 Å². The number of hydrogen-bond acceptors (Lipinski definition) is 3. The maximum atomic E-state index is 12.5. The summed E-state index contributed by atoms with van der Waals surface area (Å²) >= 11 is 5.93. The van der Waals surface area contributed by atoms with Gasteiger partial charge < -0.3 is 5.32 Å². The van der Waals surface area contributed by atoms with E-state index < -0.39 is 0 Å². The van der Waals surface area contributed by atoms with Crippen LogP contribution >= 0.6 is 11.6 Å². The van der Waals surface area contributed by atoms with Crippen LogP contribution in [0, 0.1) is 0 Å². The highest BCUT2D eigenvalue weighted by Crippen LogP contribution is 2.14. The van der Waals surface area contributed by atoms with Crippen molar-refractivity contribution in [1.82, 2.24) is 19.6 Å². The van der Waals surface area contributed by atoms with Crippen LogP contribution in [0.3, 0.4) is 0 Å². The Bertz CT molecular complexity index is 1070. The molecule has 0 saturated carbocycles. The van der Waals surface area contributed by atoms with Crippen LogP contribution in [-0.2, 0) is 17.8 Å². The van der Waals surface area contributed by atoms with E-state index in [-0.39, 0.29) is 12.3 Å². The molecule has 4 rings (SSSR count). The van der Waals surface area contributed by atoms with E-state index in [1.165, 1.54) is 0 Å². The Balaban J connectivity index is 1.40. The van der Waals surface area contributed by atoms with Crippen molar-refractivity contribution in [1.29, 1.82) is 0 Å². The number of benzene rings is 2. The highest BCUT2D eigenvalue weighted by Gasteiger charge is 2.10. The lowest BCUT2D eigenvalue weighted by Crippen LogP contribution is -2.17. The molecule has 28 heavy (non-hydrogen) atoms. The van der Waals surface area contributed by atoms with Gasteiger partial charge in [-0.15, -0.1) is 0 Å². The zero-order chi connectivity index (χ0) is 19.3. The Morgan fingerprint density at radius 1 is 0.964 bits per heavy atom. The first-order valence-electron chi connectivity index (χ1n) is 8.82. The van der Waals surface area contributed by atoms with Gasteiger partial charge in [0.1, 0.15) is 5.82 Å². The molecule has 1 amide bonds. The molecule has 7 heteroatoms. The van der Waals surface area contributed by atoms with Gasteiger partial charge in [-0.3, -0.25) is 4.79 Å². The predicted molar refractivity (Wildman–Crippen MR) is 109 cm³/mol. The molecule has 0 bridgehead atoms. The lowest BCUT2D eigenvalue weighted by atomic mass is 10.2. The van der Waals surface area contributed by atoms with Crippen LogP contribution in [0.15, 0.2) is 79.3 Å². The molecule has 0 spiro atoms. The molecule has 2 aromatic carbocycles. The molecule has 0 saturated heterocycles. The first-order chi connectivity index (χ1) is 13.7. The van der Waals surface area contributed by atoms with Crippen LogP contribution in [0.2, 0.25) is 5.02 Å². The van der Waals surface area contributed by atoms with Gasteiger partial charge in [0.25, 0.3) is 0 Å². The van der Waals surface area contributed by atoms with Gasteiger partial charge in [-0.05, 0) is 35.4 Å². The fourth-order valence-electron chi connectivity index (χ4n) is 2.87. The van der Waals surface area contributed by atoms with Gasteiger partial charge in [0.05, 0.1) is 31.0 Å². The molecule has 2 aromatic heterocycles. The minimum Gasteiger partial charge on any atom is -0.311 e. The van der Waals surface area contributed by atoms with E-state index in [2.05, 4.69) is 15.5 Å². The topological polar surface area (TPSA) is 64.7 Å². The molecule has 0 aliphatic heterocycles. The maximum Gasteiger partial charge on any atom is 0.230 e. The molecule has 0 unspecified atom stereocenters. The van der Waals surface area contributed by atoms with Crippen LogP contribution < -0.4 is 5.32 Å². The summed E-state index contributed by atoms with van der Waals surface area (Å²) in [5, 5.41) is 12.2. The first kappa shape index (κ1) is 18.0. The SMILES string of the molecule is O=C(Cc1cnn(-c2ccccc2)c1)Nc1ccnn1Cc1ccc(Cl)cc1. The number of amides is 1. The quantitative estimate of drug-likeness (QED) is 0.541. The highest BCUT2D eigenvalue weighted by molar-refractivity contribution is 6.30. The fraction of sp³-hybridized carbons (Fsp3) is 0.0952. The van der Waals surface area contributed by atoms with Gasteiger partial charge in [0.2, 0.25) is 5.91 Å². The van der Waals surface area contributed by atoms with Gasteiger partial charge in [-0.1, -0.05) is 41.9 Å². The van der Waals surface area contributed by atoms with E-state index in [0.717, 1.165) is 16.8 Å². The average Bonchev–Trinajstić information content (AvgIpc) is 3.34. The van der Waals surface area contributed by atoms with Crippen LogP contribution in [0.1, 0.15) is 11.1 Å². The molecule has 0 aliphatic carbocycles. The minimum absolute atomic E-state index is 0.120. The van der Waals surface area contributed by atoms with Gasteiger partial charge in [-0.25, -0.2) is 9.36 Å². The second kappa shape index (κ2) is 8.10. The lowest BCUT2D eigenvalue weighted by Gasteiger charge is -2.09. The van der Waals surface area contributed by atoms with Crippen molar-refractivity contribution in [2.75, 3.05) is 5.32 Å². The van der Waals surface area contributed by atoms with Crippen LogP contribution in [-0.4, -0.2) is 25.5 Å². The summed E-state index contributed by atoms with van der Waals surface area (Å²) in [6.45, 7) is 0.547. The number of nitrogens with one attached hydrogen (secondary N) is 1.